The van der Waals surface area contributed by atoms with Crippen LogP contribution in [0.2, 0.25) is 0 Å². The van der Waals surface area contributed by atoms with E-state index in [4.69, 9.17) is 4.74 Å². The first-order chi connectivity index (χ1) is 8.70. The zero-order valence-electron chi connectivity index (χ0n) is 10.5. The van der Waals surface area contributed by atoms with Crippen molar-refractivity contribution in [2.75, 3.05) is 6.61 Å². The number of ether oxygens (including phenoxy) is 1. The second-order valence-electron chi connectivity index (χ2n) is 4.73. The fraction of sp³-hybridized carbons (Fsp3) is 0.500. The predicted molar refractivity (Wildman–Crippen MR) is 74.4 cm³/mol. The standard InChI is InChI=1S/C14H18BrNO2/c1-10-5-6-18-13(10)14(17)16-9-12-4-2-3-11(7-12)8-15/h2-4,7,10,13H,5-6,8-9H2,1H3,(H,16,17). The molecular formula is C14H18BrNO2. The third-order valence-corrected chi connectivity index (χ3v) is 3.91. The van der Waals surface area contributed by atoms with Gasteiger partial charge in [0, 0.05) is 18.5 Å². The van der Waals surface area contributed by atoms with E-state index in [2.05, 4.69) is 40.3 Å². The average Bonchev–Trinajstić information content (AvgIpc) is 2.82. The van der Waals surface area contributed by atoms with E-state index in [1.807, 2.05) is 12.1 Å². The highest BCUT2D eigenvalue weighted by Gasteiger charge is 2.30. The molecule has 2 atom stereocenters. The first-order valence-corrected chi connectivity index (χ1v) is 7.36. The molecule has 1 aromatic rings. The van der Waals surface area contributed by atoms with E-state index < -0.39 is 0 Å². The van der Waals surface area contributed by atoms with Crippen molar-refractivity contribution in [1.82, 2.24) is 5.32 Å². The van der Waals surface area contributed by atoms with Crippen LogP contribution in [0.5, 0.6) is 0 Å². The largest absolute Gasteiger partial charge is 0.368 e. The molecule has 1 fully saturated rings. The first kappa shape index (κ1) is 13.6. The lowest BCUT2D eigenvalue weighted by Crippen LogP contribution is -2.36. The van der Waals surface area contributed by atoms with Crippen LogP contribution in [0.1, 0.15) is 24.5 Å². The Labute approximate surface area is 116 Å². The maximum atomic E-state index is 11.9. The smallest absolute Gasteiger partial charge is 0.249 e. The monoisotopic (exact) mass is 311 g/mol. The molecular weight excluding hydrogens is 294 g/mol. The molecule has 18 heavy (non-hydrogen) atoms. The van der Waals surface area contributed by atoms with Crippen molar-refractivity contribution in [3.8, 4) is 0 Å². The number of rotatable bonds is 4. The average molecular weight is 312 g/mol. The normalized spacial score (nSPS) is 23.0. The molecule has 2 unspecified atom stereocenters. The van der Waals surface area contributed by atoms with Gasteiger partial charge in [0.2, 0.25) is 5.91 Å². The Morgan fingerprint density at radius 3 is 2.94 bits per heavy atom. The SMILES string of the molecule is CC1CCOC1C(=O)NCc1cccc(CBr)c1. The summed E-state index contributed by atoms with van der Waals surface area (Å²) in [6.07, 6.45) is 0.696. The molecule has 1 saturated heterocycles. The summed E-state index contributed by atoms with van der Waals surface area (Å²) in [5, 5.41) is 3.77. The van der Waals surface area contributed by atoms with Crippen molar-refractivity contribution >= 4 is 21.8 Å². The van der Waals surface area contributed by atoms with Gasteiger partial charge < -0.3 is 10.1 Å². The summed E-state index contributed by atoms with van der Waals surface area (Å²) < 4.78 is 5.44. The molecule has 98 valence electrons. The number of benzene rings is 1. The van der Waals surface area contributed by atoms with Crippen LogP contribution in [0, 0.1) is 5.92 Å². The Kier molecular flexibility index (Phi) is 4.78. The summed E-state index contributed by atoms with van der Waals surface area (Å²) in [4.78, 5) is 11.9. The number of hydrogen-bond acceptors (Lipinski definition) is 2. The number of carbonyl (C=O) groups excluding carboxylic acids is 1. The number of hydrogen-bond donors (Lipinski definition) is 1. The van der Waals surface area contributed by atoms with E-state index in [0.29, 0.717) is 19.1 Å². The van der Waals surface area contributed by atoms with Gasteiger partial charge in [-0.25, -0.2) is 0 Å². The lowest BCUT2D eigenvalue weighted by Gasteiger charge is -2.14. The summed E-state index contributed by atoms with van der Waals surface area (Å²) >= 11 is 3.43. The highest BCUT2D eigenvalue weighted by Crippen LogP contribution is 2.20. The van der Waals surface area contributed by atoms with Gasteiger partial charge >= 0.3 is 0 Å². The Morgan fingerprint density at radius 1 is 1.50 bits per heavy atom. The quantitative estimate of drug-likeness (QED) is 0.868. The highest BCUT2D eigenvalue weighted by molar-refractivity contribution is 9.08. The molecule has 1 amide bonds. The van der Waals surface area contributed by atoms with Crippen molar-refractivity contribution < 1.29 is 9.53 Å². The van der Waals surface area contributed by atoms with Gasteiger partial charge in [0.05, 0.1) is 0 Å². The molecule has 0 saturated carbocycles. The summed E-state index contributed by atoms with van der Waals surface area (Å²) in [6, 6.07) is 8.17. The Bertz CT molecular complexity index is 422. The molecule has 4 heteroatoms. The molecule has 0 aliphatic carbocycles. The summed E-state index contributed by atoms with van der Waals surface area (Å²) in [5.41, 5.74) is 2.33. The van der Waals surface area contributed by atoms with Crippen LogP contribution in [0.3, 0.4) is 0 Å². The van der Waals surface area contributed by atoms with E-state index in [1.54, 1.807) is 0 Å². The summed E-state index contributed by atoms with van der Waals surface area (Å²) in [5.74, 6) is 0.322. The van der Waals surface area contributed by atoms with Crippen molar-refractivity contribution in [3.05, 3.63) is 35.4 Å². The number of amides is 1. The molecule has 1 aromatic carbocycles. The highest BCUT2D eigenvalue weighted by atomic mass is 79.9. The molecule has 0 spiro atoms. The molecule has 1 aliphatic rings. The first-order valence-electron chi connectivity index (χ1n) is 6.24. The van der Waals surface area contributed by atoms with Crippen LogP contribution in [-0.2, 0) is 21.4 Å². The van der Waals surface area contributed by atoms with Gasteiger partial charge in [-0.3, -0.25) is 4.79 Å². The molecule has 0 radical (unpaired) electrons. The fourth-order valence-corrected chi connectivity index (χ4v) is 2.49. The number of alkyl halides is 1. The van der Waals surface area contributed by atoms with Gasteiger partial charge in [0.25, 0.3) is 0 Å². The summed E-state index contributed by atoms with van der Waals surface area (Å²) in [7, 11) is 0. The predicted octanol–water partition coefficient (Wildman–Crippen LogP) is 2.62. The zero-order valence-corrected chi connectivity index (χ0v) is 12.1. The molecule has 1 heterocycles. The molecule has 0 bridgehead atoms. The second-order valence-corrected chi connectivity index (χ2v) is 5.29. The van der Waals surface area contributed by atoms with Crippen LogP contribution in [0.15, 0.2) is 24.3 Å². The van der Waals surface area contributed by atoms with E-state index in [-0.39, 0.29) is 12.0 Å². The van der Waals surface area contributed by atoms with Gasteiger partial charge in [0.1, 0.15) is 6.10 Å². The van der Waals surface area contributed by atoms with Crippen molar-refractivity contribution in [2.24, 2.45) is 5.92 Å². The van der Waals surface area contributed by atoms with Crippen molar-refractivity contribution in [1.29, 1.82) is 0 Å². The topological polar surface area (TPSA) is 38.3 Å². The summed E-state index contributed by atoms with van der Waals surface area (Å²) in [6.45, 7) is 3.31. The Hall–Kier alpha value is -0.870. The Morgan fingerprint density at radius 2 is 2.28 bits per heavy atom. The lowest BCUT2D eigenvalue weighted by molar-refractivity contribution is -0.131. The minimum atomic E-state index is -0.274. The van der Waals surface area contributed by atoms with Gasteiger partial charge in [-0.1, -0.05) is 47.1 Å². The van der Waals surface area contributed by atoms with Crippen molar-refractivity contribution in [2.45, 2.75) is 31.3 Å². The van der Waals surface area contributed by atoms with E-state index in [9.17, 15) is 4.79 Å². The number of halogens is 1. The van der Waals surface area contributed by atoms with E-state index in [1.165, 1.54) is 5.56 Å². The van der Waals surface area contributed by atoms with Crippen LogP contribution >= 0.6 is 15.9 Å². The van der Waals surface area contributed by atoms with Gasteiger partial charge in [0.15, 0.2) is 0 Å². The molecule has 1 aliphatic heterocycles. The number of nitrogens with one attached hydrogen (secondary N) is 1. The van der Waals surface area contributed by atoms with Crippen LogP contribution in [0.4, 0.5) is 0 Å². The molecule has 0 aromatic heterocycles. The zero-order chi connectivity index (χ0) is 13.0. The molecule has 2 rings (SSSR count). The minimum absolute atomic E-state index is 0.00393. The number of carbonyl (C=O) groups is 1. The molecule has 1 N–H and O–H groups in total. The fourth-order valence-electron chi connectivity index (χ4n) is 2.14. The van der Waals surface area contributed by atoms with Crippen LogP contribution in [0.25, 0.3) is 0 Å². The van der Waals surface area contributed by atoms with E-state index >= 15 is 0 Å². The maximum absolute atomic E-state index is 11.9. The van der Waals surface area contributed by atoms with Crippen molar-refractivity contribution in [3.63, 3.8) is 0 Å². The third-order valence-electron chi connectivity index (χ3n) is 3.26. The molecule has 3 nitrogen and oxygen atoms in total. The third kappa shape index (κ3) is 3.33. The van der Waals surface area contributed by atoms with Gasteiger partial charge in [-0.2, -0.15) is 0 Å². The lowest BCUT2D eigenvalue weighted by atomic mass is 10.0. The Balaban J connectivity index is 1.88. The van der Waals surface area contributed by atoms with Crippen LogP contribution in [-0.4, -0.2) is 18.6 Å². The maximum Gasteiger partial charge on any atom is 0.249 e. The second kappa shape index (κ2) is 6.34. The van der Waals surface area contributed by atoms with Gasteiger partial charge in [-0.05, 0) is 23.5 Å². The van der Waals surface area contributed by atoms with Gasteiger partial charge in [-0.15, -0.1) is 0 Å². The van der Waals surface area contributed by atoms with Crippen LogP contribution < -0.4 is 5.32 Å². The minimum Gasteiger partial charge on any atom is -0.368 e. The van der Waals surface area contributed by atoms with E-state index in [0.717, 1.165) is 17.3 Å².